The fourth-order valence-electron chi connectivity index (χ4n) is 1.01. The summed E-state index contributed by atoms with van der Waals surface area (Å²) in [6.07, 6.45) is 1.31. The van der Waals surface area contributed by atoms with E-state index in [1.54, 1.807) is 12.1 Å². The van der Waals surface area contributed by atoms with Gasteiger partial charge in [-0.1, -0.05) is 0 Å². The number of halogens is 2. The lowest BCUT2D eigenvalue weighted by atomic mass is 10.2. The second kappa shape index (κ2) is 7.36. The molecular formula is C11H9Br2NO4. The number of hydrogen-bond donors (Lipinski definition) is 0. The molecule has 1 aromatic rings. The van der Waals surface area contributed by atoms with E-state index in [0.29, 0.717) is 14.9 Å². The number of ether oxygens (including phenoxy) is 2. The van der Waals surface area contributed by atoms with E-state index in [4.69, 9.17) is 19.2 Å². The average Bonchev–Trinajstić information content (AvgIpc) is 2.65. The second-order valence-corrected chi connectivity index (χ2v) is 4.64. The van der Waals surface area contributed by atoms with Crippen LogP contribution in [-0.2, 0) is 14.3 Å². The summed E-state index contributed by atoms with van der Waals surface area (Å²) in [6, 6.07) is 3.39. The van der Waals surface area contributed by atoms with E-state index in [2.05, 4.69) is 31.9 Å². The Labute approximate surface area is 121 Å². The van der Waals surface area contributed by atoms with E-state index in [1.165, 1.54) is 13.2 Å². The van der Waals surface area contributed by atoms with Gasteiger partial charge in [-0.3, -0.25) is 0 Å². The molecule has 0 spiro atoms. The van der Waals surface area contributed by atoms with Crippen LogP contribution >= 0.6 is 31.9 Å². The number of rotatable bonds is 5. The Bertz CT molecular complexity index is 482. The number of carbonyl (C=O) groups excluding carboxylic acids is 1. The molecule has 0 bridgehead atoms. The first-order chi connectivity index (χ1) is 8.58. The van der Waals surface area contributed by atoms with Crippen molar-refractivity contribution in [1.29, 1.82) is 5.26 Å². The van der Waals surface area contributed by atoms with Crippen LogP contribution in [0.5, 0.6) is 0 Å². The van der Waals surface area contributed by atoms with Gasteiger partial charge in [0, 0.05) is 13.2 Å². The molecule has 18 heavy (non-hydrogen) atoms. The highest BCUT2D eigenvalue weighted by molar-refractivity contribution is 9.13. The lowest BCUT2D eigenvalue weighted by Gasteiger charge is -2.01. The minimum absolute atomic E-state index is 0.0971. The molecule has 0 aliphatic carbocycles. The first-order valence-electron chi connectivity index (χ1n) is 4.81. The monoisotopic (exact) mass is 377 g/mol. The normalized spacial score (nSPS) is 11.1. The zero-order chi connectivity index (χ0) is 13.5. The van der Waals surface area contributed by atoms with Gasteiger partial charge in [-0.25, -0.2) is 4.79 Å². The van der Waals surface area contributed by atoms with E-state index in [1.807, 2.05) is 0 Å². The van der Waals surface area contributed by atoms with Crippen LogP contribution in [0, 0.1) is 11.3 Å². The molecule has 0 atom stereocenters. The molecule has 0 amide bonds. The fourth-order valence-corrected chi connectivity index (χ4v) is 1.62. The van der Waals surface area contributed by atoms with E-state index in [0.717, 1.165) is 0 Å². The number of nitriles is 1. The summed E-state index contributed by atoms with van der Waals surface area (Å²) >= 11 is 6.39. The Morgan fingerprint density at radius 2 is 2.28 bits per heavy atom. The van der Waals surface area contributed by atoms with Gasteiger partial charge >= 0.3 is 5.97 Å². The molecule has 0 aliphatic rings. The first-order valence-corrected chi connectivity index (χ1v) is 6.39. The lowest BCUT2D eigenvalue weighted by molar-refractivity contribution is -0.139. The van der Waals surface area contributed by atoms with E-state index >= 15 is 0 Å². The highest BCUT2D eigenvalue weighted by Crippen LogP contribution is 2.27. The summed E-state index contributed by atoms with van der Waals surface area (Å²) in [5.41, 5.74) is -0.139. The quantitative estimate of drug-likeness (QED) is 0.341. The Morgan fingerprint density at radius 1 is 1.56 bits per heavy atom. The van der Waals surface area contributed by atoms with E-state index in [-0.39, 0.29) is 18.8 Å². The number of carbonyl (C=O) groups is 1. The summed E-state index contributed by atoms with van der Waals surface area (Å²) in [5, 5.41) is 8.87. The van der Waals surface area contributed by atoms with Gasteiger partial charge in [-0.2, -0.15) is 5.26 Å². The third-order valence-corrected chi connectivity index (χ3v) is 3.52. The van der Waals surface area contributed by atoms with Gasteiger partial charge < -0.3 is 13.9 Å². The Hall–Kier alpha value is -1.10. The van der Waals surface area contributed by atoms with Crippen molar-refractivity contribution in [3.63, 3.8) is 0 Å². The molecule has 0 saturated heterocycles. The van der Waals surface area contributed by atoms with Gasteiger partial charge in [0.05, 0.1) is 11.1 Å². The minimum Gasteiger partial charge on any atom is -0.459 e. The minimum atomic E-state index is -0.710. The molecule has 0 saturated carbocycles. The van der Waals surface area contributed by atoms with E-state index in [9.17, 15) is 4.79 Å². The number of hydrogen-bond acceptors (Lipinski definition) is 5. The first kappa shape index (κ1) is 15.0. The van der Waals surface area contributed by atoms with Crippen molar-refractivity contribution in [2.45, 2.75) is 0 Å². The SMILES string of the molecule is COCCOC(=O)/C(C#N)=C/c1cc(Br)c(Br)o1. The van der Waals surface area contributed by atoms with Gasteiger partial charge in [0.2, 0.25) is 0 Å². The van der Waals surface area contributed by atoms with Crippen molar-refractivity contribution in [3.8, 4) is 6.07 Å². The molecule has 96 valence electrons. The van der Waals surface area contributed by atoms with Crippen molar-refractivity contribution in [2.24, 2.45) is 0 Å². The summed E-state index contributed by atoms with van der Waals surface area (Å²) < 4.78 is 16.0. The van der Waals surface area contributed by atoms with Gasteiger partial charge in [-0.15, -0.1) is 0 Å². The van der Waals surface area contributed by atoms with Crippen LogP contribution in [0.25, 0.3) is 6.08 Å². The molecule has 1 rings (SSSR count). The molecule has 0 aromatic carbocycles. The third-order valence-electron chi connectivity index (χ3n) is 1.81. The van der Waals surface area contributed by atoms with Crippen molar-refractivity contribution >= 4 is 43.9 Å². The van der Waals surface area contributed by atoms with Gasteiger partial charge in [0.1, 0.15) is 24.0 Å². The van der Waals surface area contributed by atoms with Gasteiger partial charge in [0.15, 0.2) is 4.67 Å². The lowest BCUT2D eigenvalue weighted by Crippen LogP contribution is -2.11. The van der Waals surface area contributed by atoms with Gasteiger partial charge in [-0.05, 0) is 37.9 Å². The summed E-state index contributed by atoms with van der Waals surface area (Å²) in [6.45, 7) is 0.377. The molecule has 1 heterocycles. The number of furan rings is 1. The summed E-state index contributed by atoms with van der Waals surface area (Å²) in [4.78, 5) is 11.5. The smallest absolute Gasteiger partial charge is 0.349 e. The van der Waals surface area contributed by atoms with Crippen LogP contribution < -0.4 is 0 Å². The highest BCUT2D eigenvalue weighted by Gasteiger charge is 2.12. The Balaban J connectivity index is 2.77. The molecule has 0 unspecified atom stereocenters. The summed E-state index contributed by atoms with van der Waals surface area (Å²) in [7, 11) is 1.49. The van der Waals surface area contributed by atoms with Crippen molar-refractivity contribution in [3.05, 3.63) is 26.5 Å². The largest absolute Gasteiger partial charge is 0.459 e. The molecule has 1 aromatic heterocycles. The zero-order valence-electron chi connectivity index (χ0n) is 9.41. The number of nitrogens with zero attached hydrogens (tertiary/aromatic N) is 1. The molecule has 5 nitrogen and oxygen atoms in total. The molecule has 0 fully saturated rings. The third kappa shape index (κ3) is 4.29. The Kier molecular flexibility index (Phi) is 6.12. The standard InChI is InChI=1S/C11H9Br2NO4/c1-16-2-3-17-11(15)7(6-14)4-8-5-9(12)10(13)18-8/h4-5H,2-3H2,1H3/b7-4+. The van der Waals surface area contributed by atoms with Crippen molar-refractivity contribution in [1.82, 2.24) is 0 Å². The maximum atomic E-state index is 11.5. The molecule has 0 N–H and O–H groups in total. The van der Waals surface area contributed by atoms with Gasteiger partial charge in [0.25, 0.3) is 0 Å². The number of methoxy groups -OCH3 is 1. The predicted octanol–water partition coefficient (Wildman–Crippen LogP) is 2.90. The van der Waals surface area contributed by atoms with Crippen molar-refractivity contribution < 1.29 is 18.7 Å². The molecular weight excluding hydrogens is 370 g/mol. The fraction of sp³-hybridized carbons (Fsp3) is 0.273. The number of esters is 1. The van der Waals surface area contributed by atoms with Crippen LogP contribution in [0.4, 0.5) is 0 Å². The zero-order valence-corrected chi connectivity index (χ0v) is 12.6. The topological polar surface area (TPSA) is 72.5 Å². The van der Waals surface area contributed by atoms with Crippen LogP contribution in [0.2, 0.25) is 0 Å². The van der Waals surface area contributed by atoms with Crippen LogP contribution in [0.1, 0.15) is 5.76 Å². The summed E-state index contributed by atoms with van der Waals surface area (Å²) in [5.74, 6) is -0.341. The maximum absolute atomic E-state index is 11.5. The predicted molar refractivity (Wildman–Crippen MR) is 70.5 cm³/mol. The van der Waals surface area contributed by atoms with Crippen LogP contribution in [-0.4, -0.2) is 26.3 Å². The Morgan fingerprint density at radius 3 is 2.78 bits per heavy atom. The van der Waals surface area contributed by atoms with Crippen LogP contribution in [0.3, 0.4) is 0 Å². The molecule has 0 radical (unpaired) electrons. The maximum Gasteiger partial charge on any atom is 0.349 e. The average molecular weight is 379 g/mol. The highest BCUT2D eigenvalue weighted by atomic mass is 79.9. The van der Waals surface area contributed by atoms with Crippen molar-refractivity contribution in [2.75, 3.05) is 20.3 Å². The second-order valence-electron chi connectivity index (χ2n) is 3.07. The molecule has 0 aliphatic heterocycles. The van der Waals surface area contributed by atoms with E-state index < -0.39 is 5.97 Å². The van der Waals surface area contributed by atoms with Crippen LogP contribution in [0.15, 0.2) is 25.2 Å². The molecule has 7 heteroatoms.